The van der Waals surface area contributed by atoms with Gasteiger partial charge in [-0.1, -0.05) is 62.9 Å². The molecule has 0 spiro atoms. The van der Waals surface area contributed by atoms with Gasteiger partial charge < -0.3 is 78.2 Å². The molecule has 0 aliphatic carbocycles. The summed E-state index contributed by atoms with van der Waals surface area (Å²) in [7, 11) is 2.79. The van der Waals surface area contributed by atoms with Gasteiger partial charge >= 0.3 is 24.2 Å². The van der Waals surface area contributed by atoms with E-state index in [4.69, 9.17) is 47.4 Å². The first-order chi connectivity index (χ1) is 46.0. The van der Waals surface area contributed by atoms with Gasteiger partial charge in [-0.05, 0) is 146 Å². The molecule has 26 nitrogen and oxygen atoms in total. The van der Waals surface area contributed by atoms with Crippen molar-refractivity contribution in [2.75, 3.05) is 62.7 Å². The van der Waals surface area contributed by atoms with Crippen LogP contribution >= 0.6 is 0 Å². The van der Waals surface area contributed by atoms with Crippen LogP contribution < -0.4 is 45.1 Å². The molecule has 4 aromatic rings. The number of ether oxygens (including phenoxy) is 10. The van der Waals surface area contributed by atoms with Gasteiger partial charge in [0.2, 0.25) is 11.8 Å². The van der Waals surface area contributed by atoms with Crippen LogP contribution in [0.15, 0.2) is 104 Å². The number of esters is 1. The second-order valence-electron chi connectivity index (χ2n) is 26.4. The zero-order valence-electron chi connectivity index (χ0n) is 56.9. The number of anilines is 3. The number of carbonyl (C=O) groups is 8. The van der Waals surface area contributed by atoms with E-state index in [0.717, 1.165) is 18.4 Å². The van der Waals surface area contributed by atoms with E-state index in [1.54, 1.807) is 103 Å². The monoisotopic (exact) mass is 1340 g/mol. The molecule has 26 heteroatoms. The van der Waals surface area contributed by atoms with Crippen molar-refractivity contribution < 1.29 is 90.8 Å². The summed E-state index contributed by atoms with van der Waals surface area (Å²) in [4.78, 5) is 115. The summed E-state index contributed by atoms with van der Waals surface area (Å²) in [6, 6.07) is 13.8. The molecule has 3 fully saturated rings. The molecule has 8 rings (SSSR count). The van der Waals surface area contributed by atoms with Crippen LogP contribution in [0.1, 0.15) is 142 Å². The van der Waals surface area contributed by atoms with Crippen molar-refractivity contribution in [3.8, 4) is 23.0 Å². The van der Waals surface area contributed by atoms with Crippen LogP contribution in [0, 0.1) is 5.92 Å². The Labute approximate surface area is 564 Å². The molecule has 6 atom stereocenters. The van der Waals surface area contributed by atoms with Crippen LogP contribution in [0.3, 0.4) is 0 Å². The summed E-state index contributed by atoms with van der Waals surface area (Å²) < 4.78 is 59.9. The zero-order chi connectivity index (χ0) is 70.6. The Balaban J connectivity index is 1.04. The number of nitrogens with zero attached hydrogens (tertiary/aromatic N) is 3. The molecule has 4 aromatic carbocycles. The van der Waals surface area contributed by atoms with Gasteiger partial charge in [-0.3, -0.25) is 24.5 Å². The molecule has 0 radical (unpaired) electrons. The Kier molecular flexibility index (Phi) is 24.1. The van der Waals surface area contributed by atoms with Crippen LogP contribution in [-0.4, -0.2) is 158 Å². The number of hydrogen-bond donors (Lipinski definition) is 5. The van der Waals surface area contributed by atoms with Crippen LogP contribution in [0.25, 0.3) is 0 Å². The summed E-state index contributed by atoms with van der Waals surface area (Å²) in [6.07, 6.45) is 0.0240. The Morgan fingerprint density at radius 1 is 0.722 bits per heavy atom. The number of hydrogen-bond acceptors (Lipinski definition) is 19. The van der Waals surface area contributed by atoms with Crippen molar-refractivity contribution in [1.82, 2.24) is 20.4 Å². The van der Waals surface area contributed by atoms with E-state index in [-0.39, 0.29) is 103 Å². The molecule has 4 aliphatic rings. The van der Waals surface area contributed by atoms with E-state index in [0.29, 0.717) is 53.8 Å². The van der Waals surface area contributed by atoms with Crippen molar-refractivity contribution in [1.29, 1.82) is 0 Å². The summed E-state index contributed by atoms with van der Waals surface area (Å²) in [6.45, 7) is 26.8. The van der Waals surface area contributed by atoms with E-state index >= 15 is 0 Å². The van der Waals surface area contributed by atoms with E-state index in [9.17, 15) is 43.5 Å². The number of amides is 7. The van der Waals surface area contributed by atoms with Gasteiger partial charge in [0, 0.05) is 37.5 Å². The van der Waals surface area contributed by atoms with Gasteiger partial charge in [-0.25, -0.2) is 24.1 Å². The van der Waals surface area contributed by atoms with Gasteiger partial charge in [-0.2, -0.15) is 0 Å². The minimum absolute atomic E-state index is 0.0347. The Hall–Kier alpha value is -9.66. The molecule has 522 valence electrons. The first-order valence-corrected chi connectivity index (χ1v) is 32.1. The number of alkyl carbamates (subject to hydrolysis) is 1. The normalized spacial score (nSPS) is 18.3. The van der Waals surface area contributed by atoms with Gasteiger partial charge in [0.1, 0.15) is 49.7 Å². The lowest BCUT2D eigenvalue weighted by atomic mass is 10.0. The summed E-state index contributed by atoms with van der Waals surface area (Å²) in [5.41, 5.74) is 1.69. The first kappa shape index (κ1) is 73.2. The highest BCUT2D eigenvalue weighted by Gasteiger charge is 2.49. The predicted octanol–water partition coefficient (Wildman–Crippen LogP) is 10.1. The van der Waals surface area contributed by atoms with Crippen LogP contribution in [0.4, 0.5) is 31.4 Å². The SMILES string of the molecule is C=CCOC(=O)N[C@H](C(=O)N[C@@H](C)C(=O)Nc1ccc(COC(=O)Nc2cc(OCc3cc(COc4cc5c(cc4OC)C(=O)N4CC(=C)C[C@H]4[C@H](OC4CCCCO4)N5C(=O)OC(C)(C)C)cc(C(=O)OC(C)(C)C)c3)c(OC)cc2C(=O)N2CC(=C)C[C@H]2CO)cc1)C(C)C. The third-order valence-corrected chi connectivity index (χ3v) is 15.9. The van der Waals surface area contributed by atoms with Gasteiger partial charge in [-0.15, -0.1) is 0 Å². The number of aliphatic hydroxyl groups is 1. The minimum Gasteiger partial charge on any atom is -0.493 e. The van der Waals surface area contributed by atoms with E-state index in [2.05, 4.69) is 41.0 Å². The fourth-order valence-corrected chi connectivity index (χ4v) is 11.3. The lowest BCUT2D eigenvalue weighted by molar-refractivity contribution is -0.195. The molecule has 3 saturated heterocycles. The van der Waals surface area contributed by atoms with E-state index < -0.39 is 95.8 Å². The molecular formula is C71H89N7O19. The second kappa shape index (κ2) is 31.9. The first-order valence-electron chi connectivity index (χ1n) is 32.1. The maximum atomic E-state index is 14.7. The molecule has 5 N–H and O–H groups in total. The standard InChI is InChI=1S/C71H89N7O19/c1-15-23-91-68(86)75-60(40(2)3)62(81)72-43(6)61(80)73-48-21-19-44(20-22-48)37-94-67(85)74-52-32-57(55(88-13)30-50(52)63(82)76-34-41(4)25-49(76)36-79)92-38-45-27-46(29-47(28-45)66(84)96-70(7,8)9)39-93-58-33-53-51(31-56(58)89-14)64(83)77-35-42(5)26-54(77)65(95-59-18-16-17-24-90-59)78(53)69(87)97-71(10,11)12/h15,19-22,27-33,40,43,49,54,59-60,65,79H,1,4-5,16-18,23-26,34-39H2,2-3,6-14H3,(H,72,81)(H,73,80)(H,74,85)(H,75,86)/t43-,49-,54-,59?,60-,65-/m0/s1. The fourth-order valence-electron chi connectivity index (χ4n) is 11.3. The number of nitrogens with one attached hydrogen (secondary N) is 4. The highest BCUT2D eigenvalue weighted by Crippen LogP contribution is 2.44. The third-order valence-electron chi connectivity index (χ3n) is 15.9. The zero-order valence-corrected chi connectivity index (χ0v) is 56.9. The second-order valence-corrected chi connectivity index (χ2v) is 26.4. The maximum Gasteiger partial charge on any atom is 0.417 e. The predicted molar refractivity (Wildman–Crippen MR) is 357 cm³/mol. The Bertz CT molecular complexity index is 3630. The summed E-state index contributed by atoms with van der Waals surface area (Å²) in [5.74, 6) is -2.70. The number of likely N-dealkylation sites (tertiary alicyclic amines) is 1. The van der Waals surface area contributed by atoms with E-state index in [1.165, 1.54) is 61.3 Å². The van der Waals surface area contributed by atoms with Crippen LogP contribution in [-0.2, 0) is 57.8 Å². The summed E-state index contributed by atoms with van der Waals surface area (Å²) in [5, 5.41) is 20.8. The van der Waals surface area contributed by atoms with Crippen molar-refractivity contribution in [3.63, 3.8) is 0 Å². The minimum atomic E-state index is -1.07. The number of fused-ring (bicyclic) bond motifs is 2. The maximum absolute atomic E-state index is 14.7. The fraction of sp³-hybridized carbons (Fsp3) is 0.465. The highest BCUT2D eigenvalue weighted by molar-refractivity contribution is 6.07. The Morgan fingerprint density at radius 2 is 1.37 bits per heavy atom. The number of rotatable bonds is 24. The lowest BCUT2D eigenvalue weighted by Crippen LogP contribution is -2.54. The molecule has 1 unspecified atom stereocenters. The van der Waals surface area contributed by atoms with Crippen molar-refractivity contribution in [2.24, 2.45) is 5.92 Å². The highest BCUT2D eigenvalue weighted by atomic mass is 16.7. The van der Waals surface area contributed by atoms with Gasteiger partial charge in [0.05, 0.1) is 61.0 Å². The van der Waals surface area contributed by atoms with Crippen molar-refractivity contribution in [3.05, 3.63) is 137 Å². The molecule has 97 heavy (non-hydrogen) atoms. The van der Waals surface area contributed by atoms with Gasteiger partial charge in [0.15, 0.2) is 35.5 Å². The van der Waals surface area contributed by atoms with Crippen LogP contribution in [0.2, 0.25) is 0 Å². The number of benzene rings is 4. The average Bonchev–Trinajstić information content (AvgIpc) is 1.60. The lowest BCUT2D eigenvalue weighted by Gasteiger charge is -2.39. The van der Waals surface area contributed by atoms with E-state index in [1.807, 2.05) is 0 Å². The van der Waals surface area contributed by atoms with Crippen molar-refractivity contribution in [2.45, 2.75) is 162 Å². The molecule has 0 bridgehead atoms. The molecule has 0 aromatic heterocycles. The topological polar surface area (TPSA) is 307 Å². The molecule has 4 heterocycles. The molecule has 7 amide bonds. The molecular weight excluding hydrogens is 1250 g/mol. The molecule has 0 saturated carbocycles. The molecule has 4 aliphatic heterocycles. The largest absolute Gasteiger partial charge is 0.493 e. The number of methoxy groups -OCH3 is 2. The van der Waals surface area contributed by atoms with Crippen molar-refractivity contribution >= 4 is 64.9 Å². The average molecular weight is 1340 g/mol. The number of aliphatic hydroxyl groups excluding tert-OH is 1. The third kappa shape index (κ3) is 19.1. The quantitative estimate of drug-likeness (QED) is 0.0247. The summed E-state index contributed by atoms with van der Waals surface area (Å²) >= 11 is 0. The van der Waals surface area contributed by atoms with Gasteiger partial charge in [0.25, 0.3) is 11.8 Å². The smallest absolute Gasteiger partial charge is 0.417 e. The Morgan fingerprint density at radius 3 is 1.98 bits per heavy atom. The van der Waals surface area contributed by atoms with Crippen LogP contribution in [0.5, 0.6) is 23.0 Å². The number of carbonyl (C=O) groups excluding carboxylic acids is 8.